The number of thiol groups is 1. The first-order chi connectivity index (χ1) is 21.3. The molecule has 9 nitrogen and oxygen atoms in total. The van der Waals surface area contributed by atoms with Crippen LogP contribution in [-0.4, -0.2) is 63.4 Å². The lowest BCUT2D eigenvalue weighted by atomic mass is 9.91. The minimum Gasteiger partial charge on any atom is -0.458 e. The number of carbonyl (C=O) groups excluding carboxylic acids is 4. The molecule has 3 amide bonds. The smallest absolute Gasteiger partial charge is 0.408 e. The average molecular weight is 652 g/mol. The van der Waals surface area contributed by atoms with Gasteiger partial charge in [0.05, 0.1) is 0 Å². The number of esters is 1. The quantitative estimate of drug-likeness (QED) is 0.156. The van der Waals surface area contributed by atoms with E-state index >= 15 is 0 Å². The molecule has 3 atom stereocenters. The van der Waals surface area contributed by atoms with Crippen molar-refractivity contribution in [2.45, 2.75) is 110 Å². The first-order valence-corrected chi connectivity index (χ1v) is 16.0. The molecule has 2 N–H and O–H groups in total. The average Bonchev–Trinajstić information content (AvgIpc) is 2.96. The molecule has 0 aliphatic carbocycles. The van der Waals surface area contributed by atoms with Crippen LogP contribution in [0.5, 0.6) is 0 Å². The summed E-state index contributed by atoms with van der Waals surface area (Å²) in [6, 6.07) is 12.6. The summed E-state index contributed by atoms with van der Waals surface area (Å²) in [5.74, 6) is 0.735. The third-order valence-corrected chi connectivity index (χ3v) is 7.48. The van der Waals surface area contributed by atoms with E-state index in [0.717, 1.165) is 5.56 Å². The van der Waals surface area contributed by atoms with Gasteiger partial charge in [0.1, 0.15) is 29.3 Å². The largest absolute Gasteiger partial charge is 0.458 e. The number of carbonyl (C=O) groups is 4. The Morgan fingerprint density at radius 2 is 1.41 bits per heavy atom. The molecule has 0 saturated heterocycles. The Balaban J connectivity index is 2.67. The lowest BCUT2D eigenvalue weighted by Gasteiger charge is -2.44. The van der Waals surface area contributed by atoms with E-state index in [1.54, 1.807) is 65.8 Å². The molecule has 10 heteroatoms. The summed E-state index contributed by atoms with van der Waals surface area (Å²) in [4.78, 5) is 56.6. The van der Waals surface area contributed by atoms with Crippen LogP contribution in [0.2, 0.25) is 0 Å². The number of nitrogens with one attached hydrogen (secondary N) is 2. The number of alkyl carbamates (subject to hydrolysis) is 1. The molecule has 0 bridgehead atoms. The Morgan fingerprint density at radius 1 is 0.848 bits per heavy atom. The number of nitrogens with zero attached hydrogens (tertiary/aromatic N) is 1. The van der Waals surface area contributed by atoms with Crippen molar-refractivity contribution in [1.29, 1.82) is 0 Å². The second-order valence-electron chi connectivity index (χ2n) is 13.7. The summed E-state index contributed by atoms with van der Waals surface area (Å²) >= 11 is 4.37. The van der Waals surface area contributed by atoms with E-state index in [2.05, 4.69) is 29.2 Å². The van der Waals surface area contributed by atoms with Crippen molar-refractivity contribution in [3.8, 4) is 12.3 Å². The third-order valence-electron chi connectivity index (χ3n) is 7.12. The Kier molecular flexibility index (Phi) is 13.3. The van der Waals surface area contributed by atoms with Crippen LogP contribution in [-0.2, 0) is 30.3 Å². The predicted molar refractivity (Wildman–Crippen MR) is 183 cm³/mol. The molecule has 0 radical (unpaired) electrons. The van der Waals surface area contributed by atoms with Crippen molar-refractivity contribution in [2.24, 2.45) is 0 Å². The van der Waals surface area contributed by atoms with Crippen LogP contribution in [0.3, 0.4) is 0 Å². The van der Waals surface area contributed by atoms with Gasteiger partial charge in [0, 0.05) is 23.3 Å². The molecular weight excluding hydrogens is 602 g/mol. The fourth-order valence-corrected chi connectivity index (χ4v) is 4.84. The Labute approximate surface area is 279 Å². The van der Waals surface area contributed by atoms with Gasteiger partial charge in [-0.2, -0.15) is 12.6 Å². The van der Waals surface area contributed by atoms with Crippen LogP contribution >= 0.6 is 12.6 Å². The summed E-state index contributed by atoms with van der Waals surface area (Å²) < 4.78 is 11.1. The number of hydrogen-bond acceptors (Lipinski definition) is 7. The molecule has 3 unspecified atom stereocenters. The van der Waals surface area contributed by atoms with Crippen LogP contribution in [0.25, 0.3) is 0 Å². The summed E-state index contributed by atoms with van der Waals surface area (Å²) in [7, 11) is 0. The Bertz CT molecular complexity index is 1390. The van der Waals surface area contributed by atoms with E-state index in [0.29, 0.717) is 17.5 Å². The molecule has 0 fully saturated rings. The first-order valence-electron chi connectivity index (χ1n) is 15.4. The van der Waals surface area contributed by atoms with Gasteiger partial charge in [-0.15, -0.1) is 6.42 Å². The lowest BCUT2D eigenvalue weighted by Crippen LogP contribution is -2.60. The maximum Gasteiger partial charge on any atom is 0.408 e. The highest BCUT2D eigenvalue weighted by molar-refractivity contribution is 7.80. The third kappa shape index (κ3) is 11.4. The lowest BCUT2D eigenvalue weighted by molar-refractivity contribution is -0.159. The van der Waals surface area contributed by atoms with Gasteiger partial charge in [0.15, 0.2) is 0 Å². The number of ether oxygens (including phenoxy) is 2. The molecule has 2 aromatic carbocycles. The van der Waals surface area contributed by atoms with Gasteiger partial charge in [-0.25, -0.2) is 9.59 Å². The molecule has 46 heavy (non-hydrogen) atoms. The molecule has 0 aliphatic heterocycles. The van der Waals surface area contributed by atoms with Crippen LogP contribution in [0, 0.1) is 12.3 Å². The number of terminal acetylenes is 1. The standard InChI is InChI=1S/C36H49N3O6S/c1-11-24-18-20-26(21-19-24)29(30(40)37-27(32(42)44-34(3,4)5)22-25-16-14-13-15-17-25)39(36(9,10)12-2)31(41)28(23-46)38-33(43)45-35(6,7)8/h1,13-21,27-29,46H,12,22-23H2,2-10H3,(H,37,40)(H,38,43). The second kappa shape index (κ2) is 16.0. The second-order valence-corrected chi connectivity index (χ2v) is 14.1. The highest BCUT2D eigenvalue weighted by Crippen LogP contribution is 2.33. The maximum absolute atomic E-state index is 14.5. The van der Waals surface area contributed by atoms with Gasteiger partial charge < -0.3 is 25.0 Å². The molecule has 0 aromatic heterocycles. The van der Waals surface area contributed by atoms with Crippen molar-refractivity contribution in [3.63, 3.8) is 0 Å². The number of rotatable bonds is 12. The molecule has 0 saturated carbocycles. The van der Waals surface area contributed by atoms with Gasteiger partial charge in [0.25, 0.3) is 0 Å². The highest BCUT2D eigenvalue weighted by atomic mass is 32.1. The van der Waals surface area contributed by atoms with Crippen molar-refractivity contribution in [1.82, 2.24) is 15.5 Å². The summed E-state index contributed by atoms with van der Waals surface area (Å²) in [5, 5.41) is 5.52. The maximum atomic E-state index is 14.5. The molecule has 250 valence electrons. The van der Waals surface area contributed by atoms with E-state index < -0.39 is 58.7 Å². The van der Waals surface area contributed by atoms with Crippen molar-refractivity contribution in [2.75, 3.05) is 5.75 Å². The summed E-state index contributed by atoms with van der Waals surface area (Å²) in [6.07, 6.45) is 5.43. The zero-order valence-electron chi connectivity index (χ0n) is 28.5. The van der Waals surface area contributed by atoms with Gasteiger partial charge in [-0.3, -0.25) is 9.59 Å². The van der Waals surface area contributed by atoms with Gasteiger partial charge >= 0.3 is 12.1 Å². The van der Waals surface area contributed by atoms with E-state index in [-0.39, 0.29) is 12.2 Å². The van der Waals surface area contributed by atoms with Crippen LogP contribution in [0.4, 0.5) is 4.79 Å². The Hall–Kier alpha value is -3.97. The van der Waals surface area contributed by atoms with Crippen LogP contribution in [0.1, 0.15) is 91.5 Å². The zero-order valence-corrected chi connectivity index (χ0v) is 29.4. The molecule has 2 rings (SSSR count). The molecular formula is C36H49N3O6S. The van der Waals surface area contributed by atoms with Gasteiger partial charge in [-0.05, 0) is 85.1 Å². The van der Waals surface area contributed by atoms with E-state index in [4.69, 9.17) is 15.9 Å². The monoisotopic (exact) mass is 651 g/mol. The van der Waals surface area contributed by atoms with E-state index in [1.165, 1.54) is 4.90 Å². The topological polar surface area (TPSA) is 114 Å². The van der Waals surface area contributed by atoms with Crippen molar-refractivity contribution in [3.05, 3.63) is 71.3 Å². The minimum atomic E-state index is -1.22. The Morgan fingerprint density at radius 3 is 1.89 bits per heavy atom. The predicted octanol–water partition coefficient (Wildman–Crippen LogP) is 5.62. The van der Waals surface area contributed by atoms with Gasteiger partial charge in [0.2, 0.25) is 11.8 Å². The van der Waals surface area contributed by atoms with Crippen molar-refractivity contribution < 1.29 is 28.7 Å². The minimum absolute atomic E-state index is 0.0622. The first kappa shape index (κ1) is 38.2. The molecule has 0 spiro atoms. The van der Waals surface area contributed by atoms with Crippen molar-refractivity contribution >= 4 is 36.5 Å². The zero-order chi connectivity index (χ0) is 34.9. The van der Waals surface area contributed by atoms with E-state index in [9.17, 15) is 19.2 Å². The van der Waals surface area contributed by atoms with Gasteiger partial charge in [-0.1, -0.05) is 55.3 Å². The molecule has 0 heterocycles. The molecule has 2 aromatic rings. The fourth-order valence-electron chi connectivity index (χ4n) is 4.59. The fraction of sp³-hybridized carbons (Fsp3) is 0.500. The summed E-state index contributed by atoms with van der Waals surface area (Å²) in [5.41, 5.74) is -0.641. The van der Waals surface area contributed by atoms with Crippen LogP contribution in [0.15, 0.2) is 54.6 Å². The van der Waals surface area contributed by atoms with E-state index in [1.807, 2.05) is 51.1 Å². The number of benzene rings is 2. The number of amides is 3. The normalized spacial score (nSPS) is 13.8. The SMILES string of the molecule is C#Cc1ccc(C(C(=O)NC(Cc2ccccc2)C(=O)OC(C)(C)C)N(C(=O)C(CS)NC(=O)OC(C)(C)C)C(C)(C)CC)cc1. The summed E-state index contributed by atoms with van der Waals surface area (Å²) in [6.45, 7) is 16.0. The molecule has 0 aliphatic rings. The van der Waals surface area contributed by atoms with Crippen LogP contribution < -0.4 is 10.6 Å². The highest BCUT2D eigenvalue weighted by Gasteiger charge is 2.44. The number of hydrogen-bond donors (Lipinski definition) is 3.